The van der Waals surface area contributed by atoms with Crippen LogP contribution in [0.5, 0.6) is 17.2 Å². The van der Waals surface area contributed by atoms with Crippen LogP contribution in [0.4, 0.5) is 5.69 Å². The van der Waals surface area contributed by atoms with E-state index in [0.717, 1.165) is 0 Å². The molecule has 0 unspecified atom stereocenters. The minimum absolute atomic E-state index is 0.0780. The Balaban J connectivity index is 1.72. The molecule has 2 N–H and O–H groups in total. The average Bonchev–Trinajstić information content (AvgIpc) is 2.75. The molecule has 1 amide bonds. The summed E-state index contributed by atoms with van der Waals surface area (Å²) in [6.07, 6.45) is 0. The largest absolute Gasteiger partial charge is 0.495 e. The minimum atomic E-state index is -3.99. The molecule has 0 bridgehead atoms. The molecule has 9 heteroatoms. The zero-order valence-corrected chi connectivity index (χ0v) is 18.4. The molecule has 0 saturated heterocycles. The van der Waals surface area contributed by atoms with Crippen LogP contribution in [-0.2, 0) is 14.8 Å². The van der Waals surface area contributed by atoms with Crippen LogP contribution < -0.4 is 19.5 Å². The van der Waals surface area contributed by atoms with Gasteiger partial charge in [0.05, 0.1) is 28.8 Å². The molecule has 3 aromatic rings. The number of hydrogen-bond donors (Lipinski definition) is 2. The molecule has 0 spiro atoms. The van der Waals surface area contributed by atoms with Gasteiger partial charge in [0.15, 0.2) is 5.75 Å². The second kappa shape index (κ2) is 9.82. The number of ether oxygens (including phenoxy) is 2. The van der Waals surface area contributed by atoms with E-state index in [1.54, 1.807) is 36.4 Å². The minimum Gasteiger partial charge on any atom is -0.495 e. The first kappa shape index (κ1) is 22.6. The predicted molar refractivity (Wildman–Crippen MR) is 119 cm³/mol. The van der Waals surface area contributed by atoms with E-state index in [2.05, 4.69) is 10.0 Å². The number of anilines is 1. The predicted octanol–water partition coefficient (Wildman–Crippen LogP) is 4.45. The highest BCUT2D eigenvalue weighted by Gasteiger charge is 2.23. The van der Waals surface area contributed by atoms with Gasteiger partial charge in [0, 0.05) is 0 Å². The number of halogens is 1. The van der Waals surface area contributed by atoms with Crippen molar-refractivity contribution in [1.82, 2.24) is 4.72 Å². The summed E-state index contributed by atoms with van der Waals surface area (Å²) < 4.78 is 38.5. The van der Waals surface area contributed by atoms with Gasteiger partial charge in [0.25, 0.3) is 0 Å². The number of para-hydroxylation sites is 3. The highest BCUT2D eigenvalue weighted by molar-refractivity contribution is 7.89. The molecule has 162 valence electrons. The second-order valence-electron chi connectivity index (χ2n) is 6.54. The van der Waals surface area contributed by atoms with Crippen LogP contribution in [0.15, 0.2) is 77.7 Å². The quantitative estimate of drug-likeness (QED) is 0.518. The van der Waals surface area contributed by atoms with Gasteiger partial charge in [-0.25, -0.2) is 8.42 Å². The van der Waals surface area contributed by atoms with Gasteiger partial charge in [0.1, 0.15) is 11.5 Å². The van der Waals surface area contributed by atoms with Gasteiger partial charge in [-0.15, -0.1) is 0 Å². The molecule has 0 aliphatic rings. The van der Waals surface area contributed by atoms with Crippen molar-refractivity contribution in [3.8, 4) is 17.2 Å². The molecule has 0 fully saturated rings. The summed E-state index contributed by atoms with van der Waals surface area (Å²) in [5.41, 5.74) is 0.412. The maximum absolute atomic E-state index is 12.7. The van der Waals surface area contributed by atoms with Gasteiger partial charge in [0.2, 0.25) is 15.9 Å². The van der Waals surface area contributed by atoms with E-state index in [0.29, 0.717) is 22.9 Å². The highest BCUT2D eigenvalue weighted by Crippen LogP contribution is 2.29. The molecule has 3 aromatic carbocycles. The first-order valence-electron chi connectivity index (χ1n) is 9.29. The first-order valence-corrected chi connectivity index (χ1v) is 11.1. The van der Waals surface area contributed by atoms with E-state index >= 15 is 0 Å². The van der Waals surface area contributed by atoms with Crippen molar-refractivity contribution in [2.24, 2.45) is 0 Å². The number of sulfonamides is 1. The summed E-state index contributed by atoms with van der Waals surface area (Å²) in [6, 6.07) is 19.0. The first-order chi connectivity index (χ1) is 14.8. The molecule has 31 heavy (non-hydrogen) atoms. The van der Waals surface area contributed by atoms with Gasteiger partial charge in [-0.1, -0.05) is 41.9 Å². The Labute approximate surface area is 186 Å². The molecule has 0 heterocycles. The van der Waals surface area contributed by atoms with Crippen molar-refractivity contribution >= 4 is 33.2 Å². The lowest BCUT2D eigenvalue weighted by molar-refractivity contribution is -0.117. The summed E-state index contributed by atoms with van der Waals surface area (Å²) in [5.74, 6) is 0.835. The van der Waals surface area contributed by atoms with Gasteiger partial charge in [-0.2, -0.15) is 4.72 Å². The van der Waals surface area contributed by atoms with Crippen molar-refractivity contribution < 1.29 is 22.7 Å². The Morgan fingerprint density at radius 2 is 1.65 bits per heavy atom. The van der Waals surface area contributed by atoms with E-state index < -0.39 is 22.0 Å². The Hall–Kier alpha value is -3.07. The van der Waals surface area contributed by atoms with Gasteiger partial charge < -0.3 is 14.8 Å². The molecule has 7 nitrogen and oxygen atoms in total. The second-order valence-corrected chi connectivity index (χ2v) is 8.66. The van der Waals surface area contributed by atoms with Crippen LogP contribution in [-0.4, -0.2) is 27.5 Å². The SMILES string of the molecule is COc1ccc(S(=O)(=O)N[C@@H](C)C(=O)Nc2ccccc2Oc2ccccc2)cc1Cl. The Morgan fingerprint density at radius 1 is 0.968 bits per heavy atom. The molecule has 0 saturated carbocycles. The zero-order chi connectivity index (χ0) is 22.4. The van der Waals surface area contributed by atoms with Crippen molar-refractivity contribution in [2.45, 2.75) is 17.9 Å². The molecular weight excluding hydrogens is 440 g/mol. The maximum Gasteiger partial charge on any atom is 0.242 e. The number of amides is 1. The van der Waals surface area contributed by atoms with Crippen molar-refractivity contribution in [3.05, 3.63) is 77.8 Å². The van der Waals surface area contributed by atoms with E-state index in [-0.39, 0.29) is 9.92 Å². The van der Waals surface area contributed by atoms with E-state index in [1.165, 1.54) is 32.2 Å². The van der Waals surface area contributed by atoms with Crippen LogP contribution in [0.3, 0.4) is 0 Å². The highest BCUT2D eigenvalue weighted by atomic mass is 35.5. The Kier molecular flexibility index (Phi) is 7.17. The van der Waals surface area contributed by atoms with Crippen LogP contribution in [0.25, 0.3) is 0 Å². The van der Waals surface area contributed by atoms with Gasteiger partial charge in [-0.05, 0) is 49.4 Å². The van der Waals surface area contributed by atoms with Crippen molar-refractivity contribution in [2.75, 3.05) is 12.4 Å². The number of carbonyl (C=O) groups excluding carboxylic acids is 1. The standard InChI is InChI=1S/C22H21ClN2O5S/c1-15(25-31(27,28)17-12-13-20(29-2)18(23)14-17)22(26)24-19-10-6-7-11-21(19)30-16-8-4-3-5-9-16/h3-15,25H,1-2H3,(H,24,26)/t15-/m0/s1. The Bertz CT molecular complexity index is 1170. The summed E-state index contributed by atoms with van der Waals surface area (Å²) in [6.45, 7) is 1.44. The number of hydrogen-bond acceptors (Lipinski definition) is 5. The molecule has 0 aliphatic carbocycles. The fourth-order valence-corrected chi connectivity index (χ4v) is 4.24. The van der Waals surface area contributed by atoms with Crippen molar-refractivity contribution in [3.63, 3.8) is 0 Å². The molecule has 1 atom stereocenters. The summed E-state index contributed by atoms with van der Waals surface area (Å²) >= 11 is 6.02. The number of benzene rings is 3. The summed E-state index contributed by atoms with van der Waals surface area (Å²) in [4.78, 5) is 12.6. The van der Waals surface area contributed by atoms with Crippen LogP contribution in [0.1, 0.15) is 6.92 Å². The summed E-state index contributed by atoms with van der Waals surface area (Å²) in [7, 11) is -2.56. The molecule has 0 aliphatic heterocycles. The van der Waals surface area contributed by atoms with Crippen LogP contribution >= 0.6 is 11.6 Å². The molecular formula is C22H21ClN2O5S. The summed E-state index contributed by atoms with van der Waals surface area (Å²) in [5, 5.41) is 2.84. The van der Waals surface area contributed by atoms with Gasteiger partial charge >= 0.3 is 0 Å². The third-order valence-corrected chi connectivity index (χ3v) is 6.11. The lowest BCUT2D eigenvalue weighted by atomic mass is 10.2. The number of carbonyl (C=O) groups is 1. The van der Waals surface area contributed by atoms with Gasteiger partial charge in [-0.3, -0.25) is 4.79 Å². The topological polar surface area (TPSA) is 93.7 Å². The number of methoxy groups -OCH3 is 1. The molecule has 3 rings (SSSR count). The number of nitrogens with one attached hydrogen (secondary N) is 2. The number of rotatable bonds is 8. The molecule has 0 radical (unpaired) electrons. The van der Waals surface area contributed by atoms with Crippen molar-refractivity contribution in [1.29, 1.82) is 0 Å². The lowest BCUT2D eigenvalue weighted by Gasteiger charge is -2.17. The fraction of sp³-hybridized carbons (Fsp3) is 0.136. The van der Waals surface area contributed by atoms with E-state index in [4.69, 9.17) is 21.1 Å². The lowest BCUT2D eigenvalue weighted by Crippen LogP contribution is -2.41. The normalized spacial score (nSPS) is 12.1. The van der Waals surface area contributed by atoms with Crippen LogP contribution in [0, 0.1) is 0 Å². The average molecular weight is 461 g/mol. The Morgan fingerprint density at radius 3 is 2.32 bits per heavy atom. The fourth-order valence-electron chi connectivity index (χ4n) is 2.68. The van der Waals surface area contributed by atoms with Crippen LogP contribution in [0.2, 0.25) is 5.02 Å². The van der Waals surface area contributed by atoms with E-state index in [9.17, 15) is 13.2 Å². The maximum atomic E-state index is 12.7. The molecule has 0 aromatic heterocycles. The van der Waals surface area contributed by atoms with E-state index in [1.807, 2.05) is 18.2 Å². The zero-order valence-electron chi connectivity index (χ0n) is 16.8. The monoisotopic (exact) mass is 460 g/mol. The third kappa shape index (κ3) is 5.75. The smallest absolute Gasteiger partial charge is 0.242 e. The third-order valence-electron chi connectivity index (χ3n) is 4.27.